The molecule has 3 fully saturated rings. The average molecular weight is 732 g/mol. The molecule has 2 heterocycles. The minimum Gasteiger partial charge on any atom is -0.379 e. The molecule has 5 rings (SSSR count). The van der Waals surface area contributed by atoms with Gasteiger partial charge < -0.3 is 30.7 Å². The van der Waals surface area contributed by atoms with Crippen molar-refractivity contribution in [3.05, 3.63) is 71.8 Å². The number of morpholine rings is 1. The summed E-state index contributed by atoms with van der Waals surface area (Å²) in [5.74, 6) is -1.93. The Morgan fingerprint density at radius 3 is 1.89 bits per heavy atom. The van der Waals surface area contributed by atoms with Gasteiger partial charge in [-0.25, -0.2) is 0 Å². The molecular formula is C41H57N5O7. The first-order chi connectivity index (χ1) is 25.2. The number of nitrogens with zero attached hydrogens (tertiary/aromatic N) is 1. The molecule has 2 aromatic carbocycles. The summed E-state index contributed by atoms with van der Waals surface area (Å²) >= 11 is 0. The molecule has 12 nitrogen and oxygen atoms in total. The van der Waals surface area contributed by atoms with E-state index in [4.69, 9.17) is 9.47 Å². The number of amides is 4. The van der Waals surface area contributed by atoms with Gasteiger partial charge in [0.05, 0.1) is 32.4 Å². The van der Waals surface area contributed by atoms with E-state index in [1.807, 2.05) is 79.4 Å². The number of nitrogens with one attached hydrogen (secondary N) is 4. The standard InChI is InChI=1S/C41H57N5O7/c1-27(2)22-32(43-37(49)31(17-16-28-12-8-6-9-13-28)42-34(47)25-46-18-20-52-21-19-46)38(50)44-33(23-29-14-10-7-11-15-29)39(51)45-35(30-24-40(30,3)4)36(48)41(5)26-53-41/h6-15,27,30-33,35H,16-26H2,1-5H3,(H,42,47)(H,43,49)(H,44,50)(H,45,51)/t30?,31-,32-,33-,35-,41+/m0/s1. The lowest BCUT2D eigenvalue weighted by Crippen LogP contribution is -2.59. The topological polar surface area (TPSA) is 158 Å². The van der Waals surface area contributed by atoms with E-state index in [1.165, 1.54) is 0 Å². The van der Waals surface area contributed by atoms with E-state index in [9.17, 15) is 24.0 Å². The van der Waals surface area contributed by atoms with Crippen LogP contribution in [0.4, 0.5) is 0 Å². The van der Waals surface area contributed by atoms with Gasteiger partial charge in [-0.1, -0.05) is 88.4 Å². The summed E-state index contributed by atoms with van der Waals surface area (Å²) in [5.41, 5.74) is 0.815. The maximum absolute atomic E-state index is 14.1. The zero-order valence-electron chi connectivity index (χ0n) is 31.8. The van der Waals surface area contributed by atoms with Crippen LogP contribution in [0.1, 0.15) is 65.0 Å². The monoisotopic (exact) mass is 731 g/mol. The lowest BCUT2D eigenvalue weighted by Gasteiger charge is -2.29. The molecule has 53 heavy (non-hydrogen) atoms. The number of aryl methyl sites for hydroxylation is 1. The van der Waals surface area contributed by atoms with Gasteiger partial charge in [-0.05, 0) is 61.0 Å². The van der Waals surface area contributed by atoms with E-state index in [0.29, 0.717) is 52.2 Å². The molecule has 0 bridgehead atoms. The fourth-order valence-corrected chi connectivity index (χ4v) is 6.99. The minimum atomic E-state index is -1.02. The molecule has 4 amide bonds. The zero-order chi connectivity index (χ0) is 38.2. The van der Waals surface area contributed by atoms with Gasteiger partial charge in [0.1, 0.15) is 23.7 Å². The summed E-state index contributed by atoms with van der Waals surface area (Å²) in [7, 11) is 0. The van der Waals surface area contributed by atoms with Gasteiger partial charge in [0, 0.05) is 19.5 Å². The third-order valence-electron chi connectivity index (χ3n) is 10.6. The zero-order valence-corrected chi connectivity index (χ0v) is 31.8. The number of ketones is 1. The van der Waals surface area contributed by atoms with Crippen LogP contribution in [0, 0.1) is 17.3 Å². The molecule has 288 valence electrons. The molecule has 0 aromatic heterocycles. The van der Waals surface area contributed by atoms with Crippen LogP contribution in [0.5, 0.6) is 0 Å². The van der Waals surface area contributed by atoms with E-state index in [2.05, 4.69) is 35.1 Å². The van der Waals surface area contributed by atoms with Crippen molar-refractivity contribution >= 4 is 29.4 Å². The lowest BCUT2D eigenvalue weighted by atomic mass is 9.92. The number of carbonyl (C=O) groups is 5. The Kier molecular flexibility index (Phi) is 13.5. The quantitative estimate of drug-likeness (QED) is 0.161. The van der Waals surface area contributed by atoms with Gasteiger partial charge in [0.15, 0.2) is 5.78 Å². The largest absolute Gasteiger partial charge is 0.379 e. The van der Waals surface area contributed by atoms with Crippen LogP contribution in [0.15, 0.2) is 60.7 Å². The molecule has 2 aliphatic heterocycles. The molecule has 1 aliphatic carbocycles. The van der Waals surface area contributed by atoms with Crippen LogP contribution >= 0.6 is 0 Å². The van der Waals surface area contributed by atoms with E-state index in [-0.39, 0.29) is 41.9 Å². The van der Waals surface area contributed by atoms with Crippen molar-refractivity contribution in [3.8, 4) is 0 Å². The highest BCUT2D eigenvalue weighted by Crippen LogP contribution is 2.54. The number of hydrogen-bond acceptors (Lipinski definition) is 8. The third-order valence-corrected chi connectivity index (χ3v) is 10.6. The first-order valence-electron chi connectivity index (χ1n) is 19.0. The Labute approximate surface area is 313 Å². The summed E-state index contributed by atoms with van der Waals surface area (Å²) in [6.45, 7) is 12.6. The van der Waals surface area contributed by atoms with Crippen LogP contribution < -0.4 is 21.3 Å². The third kappa shape index (κ3) is 11.7. The Morgan fingerprint density at radius 2 is 1.32 bits per heavy atom. The number of carbonyl (C=O) groups excluding carboxylic acids is 5. The van der Waals surface area contributed by atoms with Crippen molar-refractivity contribution in [2.75, 3.05) is 39.5 Å². The van der Waals surface area contributed by atoms with E-state index >= 15 is 0 Å². The van der Waals surface area contributed by atoms with Crippen LogP contribution in [-0.2, 0) is 46.3 Å². The van der Waals surface area contributed by atoms with Crippen LogP contribution in [0.25, 0.3) is 0 Å². The van der Waals surface area contributed by atoms with Crippen LogP contribution in [0.2, 0.25) is 0 Å². The number of epoxide rings is 1. The smallest absolute Gasteiger partial charge is 0.243 e. The average Bonchev–Trinajstić information content (AvgIpc) is 4.04. The maximum atomic E-state index is 14.1. The Hall–Kier alpha value is -4.13. The van der Waals surface area contributed by atoms with E-state index < -0.39 is 47.5 Å². The van der Waals surface area contributed by atoms with Crippen molar-refractivity contribution in [3.63, 3.8) is 0 Å². The first kappa shape index (κ1) is 40.1. The van der Waals surface area contributed by atoms with Crippen molar-refractivity contribution in [1.82, 2.24) is 26.2 Å². The predicted molar refractivity (Wildman–Crippen MR) is 201 cm³/mol. The SMILES string of the molecule is CC(C)C[C@H](NC(=O)[C@H](CCc1ccccc1)NC(=O)CN1CCOCC1)C(=O)N[C@@H](Cc1ccccc1)C(=O)N[C@H](C(=O)[C@@]1(C)CO1)C1CC1(C)C. The molecule has 2 saturated heterocycles. The minimum absolute atomic E-state index is 0.0181. The Bertz CT molecular complexity index is 1570. The highest BCUT2D eigenvalue weighted by atomic mass is 16.6. The predicted octanol–water partition coefficient (Wildman–Crippen LogP) is 2.58. The first-order valence-corrected chi connectivity index (χ1v) is 19.0. The number of ether oxygens (including phenoxy) is 2. The second-order valence-corrected chi connectivity index (χ2v) is 16.1. The van der Waals surface area contributed by atoms with Crippen molar-refractivity contribution < 1.29 is 33.4 Å². The Balaban J connectivity index is 1.32. The number of rotatable bonds is 19. The van der Waals surface area contributed by atoms with Gasteiger partial charge in [-0.2, -0.15) is 0 Å². The van der Waals surface area contributed by atoms with Gasteiger partial charge in [-0.3, -0.25) is 28.9 Å². The molecule has 3 aliphatic rings. The normalized spacial score (nSPS) is 22.8. The van der Waals surface area contributed by atoms with Crippen LogP contribution in [0.3, 0.4) is 0 Å². The molecule has 4 N–H and O–H groups in total. The molecule has 6 atom stereocenters. The summed E-state index contributed by atoms with van der Waals surface area (Å²) in [4.78, 5) is 71.0. The van der Waals surface area contributed by atoms with Crippen LogP contribution in [-0.4, -0.2) is 104 Å². The molecule has 1 unspecified atom stereocenters. The van der Waals surface area contributed by atoms with Gasteiger partial charge >= 0.3 is 0 Å². The van der Waals surface area contributed by atoms with Gasteiger partial charge in [0.2, 0.25) is 23.6 Å². The van der Waals surface area contributed by atoms with E-state index in [1.54, 1.807) is 6.92 Å². The van der Waals surface area contributed by atoms with E-state index in [0.717, 1.165) is 17.5 Å². The second kappa shape index (κ2) is 17.8. The number of Topliss-reactive ketones (excluding diaryl/α,β-unsaturated/α-hetero) is 1. The highest BCUT2D eigenvalue weighted by Gasteiger charge is 2.59. The van der Waals surface area contributed by atoms with Crippen molar-refractivity contribution in [2.45, 2.75) is 96.5 Å². The highest BCUT2D eigenvalue weighted by molar-refractivity contribution is 5.99. The molecule has 0 radical (unpaired) electrons. The molecule has 2 aromatic rings. The van der Waals surface area contributed by atoms with Gasteiger partial charge in [-0.15, -0.1) is 0 Å². The molecular weight excluding hydrogens is 674 g/mol. The fraction of sp³-hybridized carbons (Fsp3) is 0.585. The van der Waals surface area contributed by atoms with Gasteiger partial charge in [0.25, 0.3) is 0 Å². The van der Waals surface area contributed by atoms with Crippen molar-refractivity contribution in [2.24, 2.45) is 17.3 Å². The maximum Gasteiger partial charge on any atom is 0.243 e. The lowest BCUT2D eigenvalue weighted by molar-refractivity contribution is -0.135. The Morgan fingerprint density at radius 1 is 0.774 bits per heavy atom. The molecule has 12 heteroatoms. The molecule has 0 spiro atoms. The summed E-state index contributed by atoms with van der Waals surface area (Å²) in [6.07, 6.45) is 2.14. The second-order valence-electron chi connectivity index (χ2n) is 16.1. The summed E-state index contributed by atoms with van der Waals surface area (Å²) in [5, 5.41) is 11.8. The van der Waals surface area contributed by atoms with Crippen molar-refractivity contribution in [1.29, 1.82) is 0 Å². The summed E-state index contributed by atoms with van der Waals surface area (Å²) < 4.78 is 10.9. The molecule has 1 saturated carbocycles. The summed E-state index contributed by atoms with van der Waals surface area (Å²) in [6, 6.07) is 15.4. The number of benzene rings is 2. The fourth-order valence-electron chi connectivity index (χ4n) is 6.99. The number of hydrogen-bond donors (Lipinski definition) is 4.